The number of hydrogen-bond donors (Lipinski definition) is 4. The van der Waals surface area contributed by atoms with E-state index in [-0.39, 0.29) is 12.5 Å². The molecule has 0 bridgehead atoms. The second kappa shape index (κ2) is 10.3. The lowest BCUT2D eigenvalue weighted by Gasteiger charge is -2.18. The van der Waals surface area contributed by atoms with Crippen LogP contribution in [0.4, 0.5) is 5.69 Å². The quantitative estimate of drug-likeness (QED) is 0.119. The van der Waals surface area contributed by atoms with Gasteiger partial charge in [-0.2, -0.15) is 0 Å². The maximum atomic E-state index is 12.6. The minimum atomic E-state index is -0.0578. The fourth-order valence-corrected chi connectivity index (χ4v) is 4.77. The van der Waals surface area contributed by atoms with Gasteiger partial charge in [0.15, 0.2) is 0 Å². The molecular formula is C25H30N4OS. The first-order valence-corrected chi connectivity index (χ1v) is 12.1. The van der Waals surface area contributed by atoms with Crippen LogP contribution in [0.25, 0.3) is 32.3 Å². The van der Waals surface area contributed by atoms with E-state index in [1.807, 2.05) is 13.1 Å². The lowest BCUT2D eigenvalue weighted by atomic mass is 9.93. The molecule has 0 aliphatic carbocycles. The monoisotopic (exact) mass is 434 g/mol. The van der Waals surface area contributed by atoms with Gasteiger partial charge in [-0.3, -0.25) is 4.79 Å². The van der Waals surface area contributed by atoms with Gasteiger partial charge in [-0.1, -0.05) is 48.5 Å². The highest BCUT2D eigenvalue weighted by Crippen LogP contribution is 2.37. The maximum Gasteiger partial charge on any atom is 0.239 e. The smallest absolute Gasteiger partial charge is 0.239 e. The van der Waals surface area contributed by atoms with Gasteiger partial charge in [0.2, 0.25) is 5.91 Å². The fraction of sp³-hybridized carbons (Fsp3) is 0.320. The summed E-state index contributed by atoms with van der Waals surface area (Å²) < 4.78 is 0. The summed E-state index contributed by atoms with van der Waals surface area (Å²) in [6.45, 7) is 1.26. The summed E-state index contributed by atoms with van der Waals surface area (Å²) in [7, 11) is 1.98. The lowest BCUT2D eigenvalue weighted by Crippen LogP contribution is -2.43. The summed E-state index contributed by atoms with van der Waals surface area (Å²) >= 11 is 1.76. The normalized spacial score (nSPS) is 12.7. The van der Waals surface area contributed by atoms with Crippen LogP contribution in [-0.4, -0.2) is 37.7 Å². The van der Waals surface area contributed by atoms with E-state index < -0.39 is 0 Å². The van der Waals surface area contributed by atoms with Gasteiger partial charge >= 0.3 is 0 Å². The van der Waals surface area contributed by atoms with Crippen LogP contribution >= 0.6 is 11.8 Å². The molecule has 0 aliphatic heterocycles. The van der Waals surface area contributed by atoms with Gasteiger partial charge in [0.05, 0.1) is 11.9 Å². The number of benzene rings is 4. The molecule has 1 atom stereocenters. The molecule has 4 rings (SSSR count). The van der Waals surface area contributed by atoms with Crippen LogP contribution in [0.2, 0.25) is 0 Å². The van der Waals surface area contributed by atoms with Gasteiger partial charge in [0.1, 0.15) is 0 Å². The van der Waals surface area contributed by atoms with Gasteiger partial charge in [-0.25, -0.2) is 10.9 Å². The predicted octanol–water partition coefficient (Wildman–Crippen LogP) is 4.70. The van der Waals surface area contributed by atoms with Crippen LogP contribution in [-0.2, 0) is 4.79 Å². The third-order valence-electron chi connectivity index (χ3n) is 5.74. The van der Waals surface area contributed by atoms with Crippen molar-refractivity contribution in [3.63, 3.8) is 0 Å². The van der Waals surface area contributed by atoms with Crippen molar-refractivity contribution >= 4 is 55.7 Å². The van der Waals surface area contributed by atoms with Gasteiger partial charge < -0.3 is 10.6 Å². The number of carbonyl (C=O) groups is 1. The molecule has 0 spiro atoms. The van der Waals surface area contributed by atoms with Crippen molar-refractivity contribution < 1.29 is 4.79 Å². The van der Waals surface area contributed by atoms with E-state index in [1.165, 1.54) is 26.9 Å². The van der Waals surface area contributed by atoms with Crippen LogP contribution in [0.5, 0.6) is 0 Å². The topological polar surface area (TPSA) is 65.2 Å². The van der Waals surface area contributed by atoms with E-state index in [9.17, 15) is 4.79 Å². The van der Waals surface area contributed by atoms with Gasteiger partial charge in [-0.15, -0.1) is 11.8 Å². The molecule has 5 nitrogen and oxygen atoms in total. The second-order valence-electron chi connectivity index (χ2n) is 7.84. The fourth-order valence-electron chi connectivity index (χ4n) is 4.16. The minimum absolute atomic E-state index is 0.0578. The number of rotatable bonds is 11. The van der Waals surface area contributed by atoms with Crippen molar-refractivity contribution in [2.75, 3.05) is 31.7 Å². The zero-order valence-corrected chi connectivity index (χ0v) is 18.9. The highest BCUT2D eigenvalue weighted by Gasteiger charge is 2.13. The average molecular weight is 435 g/mol. The van der Waals surface area contributed by atoms with Crippen LogP contribution in [0.3, 0.4) is 0 Å². The van der Waals surface area contributed by atoms with E-state index in [4.69, 9.17) is 0 Å². The van der Waals surface area contributed by atoms with Crippen molar-refractivity contribution in [3.05, 3.63) is 54.6 Å². The predicted molar refractivity (Wildman–Crippen MR) is 135 cm³/mol. The molecule has 4 aromatic rings. The Kier molecular flexibility index (Phi) is 7.25. The SMILES string of the molecule is CNCCCCC(NNCC(=O)Nc1ccc2ccc3cccc4ccc1c2c34)SC. The standard InChI is InChI=1S/C25H30N4OS/c1-26-15-4-3-8-23(31-2)29-27-16-22(30)28-21-14-12-19-10-9-17-6-5-7-18-11-13-20(21)25(19)24(17)18/h5-7,9-14,23,26-27,29H,3-4,8,15-16H2,1-2H3,(H,28,30). The number of amides is 1. The van der Waals surface area contributed by atoms with Gasteiger partial charge in [0, 0.05) is 11.1 Å². The molecule has 31 heavy (non-hydrogen) atoms. The molecule has 1 unspecified atom stereocenters. The average Bonchev–Trinajstić information content (AvgIpc) is 2.80. The molecule has 162 valence electrons. The summed E-state index contributed by atoms with van der Waals surface area (Å²) in [4.78, 5) is 12.6. The van der Waals surface area contributed by atoms with Crippen LogP contribution in [0.15, 0.2) is 54.6 Å². The Morgan fingerprint density at radius 3 is 2.39 bits per heavy atom. The molecule has 1 amide bonds. The number of hydrogen-bond acceptors (Lipinski definition) is 5. The van der Waals surface area contributed by atoms with Crippen molar-refractivity contribution in [2.45, 2.75) is 24.6 Å². The highest BCUT2D eigenvalue weighted by molar-refractivity contribution is 7.99. The Morgan fingerprint density at radius 1 is 0.935 bits per heavy atom. The van der Waals surface area contributed by atoms with Crippen LogP contribution < -0.4 is 21.5 Å². The van der Waals surface area contributed by atoms with Crippen molar-refractivity contribution in [1.29, 1.82) is 0 Å². The van der Waals surface area contributed by atoms with E-state index in [0.29, 0.717) is 5.37 Å². The highest BCUT2D eigenvalue weighted by atomic mass is 32.2. The zero-order valence-electron chi connectivity index (χ0n) is 18.1. The number of unbranched alkanes of at least 4 members (excludes halogenated alkanes) is 1. The number of thioether (sulfide) groups is 1. The Balaban J connectivity index is 1.42. The summed E-state index contributed by atoms with van der Waals surface area (Å²) in [6.07, 6.45) is 5.45. The molecule has 0 aliphatic rings. The summed E-state index contributed by atoms with van der Waals surface area (Å²) in [5.74, 6) is -0.0578. The molecule has 0 fully saturated rings. The number of carbonyl (C=O) groups excluding carboxylic acids is 1. The third-order valence-corrected chi connectivity index (χ3v) is 6.66. The Morgan fingerprint density at radius 2 is 1.65 bits per heavy atom. The van der Waals surface area contributed by atoms with Gasteiger partial charge in [0.25, 0.3) is 0 Å². The Bertz CT molecular complexity index is 1150. The molecule has 0 heterocycles. The molecular weight excluding hydrogens is 404 g/mol. The van der Waals surface area contributed by atoms with E-state index in [0.717, 1.165) is 36.9 Å². The Labute approximate surface area is 187 Å². The van der Waals surface area contributed by atoms with Crippen molar-refractivity contribution in [1.82, 2.24) is 16.2 Å². The van der Waals surface area contributed by atoms with E-state index in [1.54, 1.807) is 11.8 Å². The first-order valence-electron chi connectivity index (χ1n) is 10.8. The first kappa shape index (κ1) is 21.8. The van der Waals surface area contributed by atoms with Crippen molar-refractivity contribution in [2.24, 2.45) is 0 Å². The molecule has 0 aromatic heterocycles. The van der Waals surface area contributed by atoms with Crippen molar-refractivity contribution in [3.8, 4) is 0 Å². The zero-order chi connectivity index (χ0) is 21.6. The molecule has 0 radical (unpaired) electrons. The van der Waals surface area contributed by atoms with Crippen LogP contribution in [0, 0.1) is 0 Å². The van der Waals surface area contributed by atoms with E-state index in [2.05, 4.69) is 76.3 Å². The van der Waals surface area contributed by atoms with E-state index >= 15 is 0 Å². The summed E-state index contributed by atoms with van der Waals surface area (Å²) in [6, 6.07) is 19.0. The van der Waals surface area contributed by atoms with Crippen LogP contribution in [0.1, 0.15) is 19.3 Å². The number of nitrogens with one attached hydrogen (secondary N) is 4. The number of hydrazine groups is 1. The third kappa shape index (κ3) is 4.93. The molecule has 6 heteroatoms. The first-order chi connectivity index (χ1) is 15.2. The molecule has 4 aromatic carbocycles. The largest absolute Gasteiger partial charge is 0.324 e. The van der Waals surface area contributed by atoms with Gasteiger partial charge in [-0.05, 0) is 72.1 Å². The maximum absolute atomic E-state index is 12.6. The second-order valence-corrected chi connectivity index (χ2v) is 8.88. The molecule has 0 saturated carbocycles. The summed E-state index contributed by atoms with van der Waals surface area (Å²) in [5, 5.41) is 13.7. The molecule has 4 N–H and O–H groups in total. The Hall–Kier alpha value is -2.38. The summed E-state index contributed by atoms with van der Waals surface area (Å²) in [5.41, 5.74) is 7.22. The molecule has 0 saturated heterocycles. The minimum Gasteiger partial charge on any atom is -0.324 e. The lowest BCUT2D eigenvalue weighted by molar-refractivity contribution is -0.115. The number of anilines is 1.